The van der Waals surface area contributed by atoms with Gasteiger partial charge in [-0.1, -0.05) is 85.6 Å². The highest BCUT2D eigenvalue weighted by Gasteiger charge is 2.64. The number of likely N-dealkylation sites (tertiary alicyclic amines) is 1. The molecule has 69 heavy (non-hydrogen) atoms. The van der Waals surface area contributed by atoms with Crippen molar-refractivity contribution in [2.75, 3.05) is 26.2 Å². The summed E-state index contributed by atoms with van der Waals surface area (Å²) in [5, 5.41) is 19.8. The van der Waals surface area contributed by atoms with Crippen LogP contribution in [0, 0.1) is 11.8 Å². The number of hydrogen-bond donors (Lipinski definition) is 3. The molecule has 2 saturated heterocycles. The van der Waals surface area contributed by atoms with Crippen LogP contribution in [-0.4, -0.2) is 99.5 Å². The van der Waals surface area contributed by atoms with Gasteiger partial charge >= 0.3 is 7.12 Å². The second kappa shape index (κ2) is 16.7. The fourth-order valence-electron chi connectivity index (χ4n) is 15.1. The molecule has 4 aromatic rings. The minimum Gasteiger partial charge on any atom is -0.488 e. The normalized spacial score (nSPS) is 33.7. The van der Waals surface area contributed by atoms with E-state index in [1.54, 1.807) is 22.3 Å². The molecule has 10 aliphatic carbocycles. The summed E-state index contributed by atoms with van der Waals surface area (Å²) >= 11 is 0. The minimum absolute atomic E-state index is 0.213. The number of rotatable bonds is 10. The summed E-state index contributed by atoms with van der Waals surface area (Å²) < 4.78 is 12.4. The molecule has 0 radical (unpaired) electrons. The van der Waals surface area contributed by atoms with Gasteiger partial charge in [0.2, 0.25) is 0 Å². The number of ether oxygens (including phenoxy) is 2. The standard InChI is InChI=1S/C30H34N2O.C27H30N2O.C3H7BO2/c1-19-12-27-26-5-3-2-4-22(26)13-28(27)29(32(19)30-14-20(15-30)16-30)21-6-10-24(11-7-21)33-25-17-31(18-25)23-8-9-23;1-17-10-24-23-5-3-2-4-20(23)11-25(24)26(29(17)27-12-18(13-27)14-27)19-6-8-21(9-7-19)30-22-15-28-16-22;5-4(6)3-1-2-3/h2-7,10-11,19-20,23,25,29H,8-9,12-18H2,1H3;2-9,17-18,22,26,28H,10-16H2,1H3;3,5-6H,1-2H2/t19-,20?,29-,30?;17-,18?,26-,27?;/m11./s1. The summed E-state index contributed by atoms with van der Waals surface area (Å²) in [6, 6.07) is 39.5. The summed E-state index contributed by atoms with van der Waals surface area (Å²) in [7, 11) is -1.04. The molecule has 9 heteroatoms. The predicted octanol–water partition coefficient (Wildman–Crippen LogP) is 9.97. The Morgan fingerprint density at radius 1 is 0.565 bits per heavy atom. The van der Waals surface area contributed by atoms with E-state index in [2.05, 4.69) is 131 Å². The molecule has 0 spiro atoms. The molecule has 0 unspecified atom stereocenters. The van der Waals surface area contributed by atoms with Gasteiger partial charge in [-0.2, -0.15) is 0 Å². The Morgan fingerprint density at radius 2 is 1.01 bits per heavy atom. The van der Waals surface area contributed by atoms with Crippen LogP contribution in [0.2, 0.25) is 5.82 Å². The van der Waals surface area contributed by atoms with E-state index in [-0.39, 0.29) is 5.82 Å². The molecule has 0 aromatic heterocycles. The van der Waals surface area contributed by atoms with Crippen molar-refractivity contribution in [3.05, 3.63) is 142 Å². The average Bonchev–Trinajstić information content (AvgIpc) is 4.21. The largest absolute Gasteiger partial charge is 0.488 e. The number of fused-ring (bicyclic) bond motifs is 4. The van der Waals surface area contributed by atoms with Crippen molar-refractivity contribution in [1.29, 1.82) is 0 Å². The van der Waals surface area contributed by atoms with Crippen molar-refractivity contribution in [3.63, 3.8) is 0 Å². The van der Waals surface area contributed by atoms with Gasteiger partial charge in [-0.15, -0.1) is 0 Å². The Hall–Kier alpha value is -4.22. The van der Waals surface area contributed by atoms with Crippen LogP contribution in [0.25, 0.3) is 11.1 Å². The molecule has 358 valence electrons. The van der Waals surface area contributed by atoms with E-state index < -0.39 is 7.12 Å². The zero-order valence-electron chi connectivity index (χ0n) is 40.9. The Bertz CT molecular complexity index is 2650. The third-order valence-corrected chi connectivity index (χ3v) is 19.2. The number of hydrogen-bond acceptors (Lipinski definition) is 8. The number of benzene rings is 4. The Kier molecular flexibility index (Phi) is 10.5. The SMILES string of the molecule is C[C@@H]1CC2=C(Cc3ccccc32)[C@@H](c2ccc(OC3CN(C4CC4)C3)cc2)N1C12CC(C1)C2.C[C@@H]1CC2=C(Cc3ccccc32)[C@@H](c2ccc(OC3CNC3)cc2)N1C12CC(C1)C2.OB(O)C1CC1. The van der Waals surface area contributed by atoms with E-state index >= 15 is 0 Å². The van der Waals surface area contributed by atoms with Crippen LogP contribution in [0.5, 0.6) is 11.5 Å². The van der Waals surface area contributed by atoms with Gasteiger partial charge < -0.3 is 24.8 Å². The zero-order valence-corrected chi connectivity index (χ0v) is 40.9. The Morgan fingerprint density at radius 3 is 1.38 bits per heavy atom. The van der Waals surface area contributed by atoms with Crippen LogP contribution in [0.3, 0.4) is 0 Å². The van der Waals surface area contributed by atoms with E-state index in [4.69, 9.17) is 19.5 Å². The molecule has 4 bridgehead atoms. The van der Waals surface area contributed by atoms with Gasteiger partial charge in [0.05, 0.1) is 12.1 Å². The Balaban J connectivity index is 0.000000116. The molecule has 4 atom stereocenters. The molecule has 4 aromatic carbocycles. The molecule has 10 fully saturated rings. The van der Waals surface area contributed by atoms with Crippen LogP contribution in [0.4, 0.5) is 0 Å². The fraction of sp³-hybridized carbons (Fsp3) is 0.533. The smallest absolute Gasteiger partial charge is 0.454 e. The van der Waals surface area contributed by atoms with Crippen LogP contribution < -0.4 is 14.8 Å². The van der Waals surface area contributed by atoms with Crippen molar-refractivity contribution >= 4 is 18.3 Å². The molecule has 8 nitrogen and oxygen atoms in total. The lowest BCUT2D eigenvalue weighted by Gasteiger charge is -2.70. The topological polar surface area (TPSA) is 80.7 Å². The van der Waals surface area contributed by atoms with Crippen LogP contribution >= 0.6 is 0 Å². The summed E-state index contributed by atoms with van der Waals surface area (Å²) in [4.78, 5) is 8.46. The quantitative estimate of drug-likeness (QED) is 0.136. The lowest BCUT2D eigenvalue weighted by atomic mass is 9.48. The zero-order chi connectivity index (χ0) is 46.2. The number of nitrogens with one attached hydrogen (secondary N) is 1. The first-order chi connectivity index (χ1) is 33.7. The van der Waals surface area contributed by atoms with Gasteiger partial charge in [-0.05, 0) is 188 Å². The van der Waals surface area contributed by atoms with Crippen LogP contribution in [-0.2, 0) is 12.8 Å². The molecule has 0 amide bonds. The van der Waals surface area contributed by atoms with E-state index in [1.807, 2.05) is 0 Å². The molecular weight excluding hydrogens is 851 g/mol. The van der Waals surface area contributed by atoms with Gasteiger partial charge in [0, 0.05) is 55.4 Å². The van der Waals surface area contributed by atoms with Gasteiger partial charge in [-0.25, -0.2) is 0 Å². The van der Waals surface area contributed by atoms with Gasteiger partial charge in [0.25, 0.3) is 0 Å². The van der Waals surface area contributed by atoms with Crippen molar-refractivity contribution in [2.45, 2.75) is 163 Å². The second-order valence-corrected chi connectivity index (χ2v) is 24.0. The van der Waals surface area contributed by atoms with Gasteiger partial charge in [0.15, 0.2) is 0 Å². The van der Waals surface area contributed by atoms with Crippen LogP contribution in [0.15, 0.2) is 108 Å². The van der Waals surface area contributed by atoms with Gasteiger partial charge in [0.1, 0.15) is 23.7 Å². The third-order valence-electron chi connectivity index (χ3n) is 19.2. The maximum Gasteiger partial charge on any atom is 0.454 e. The average molecular weight is 923 g/mol. The highest BCUT2D eigenvalue weighted by molar-refractivity contribution is 6.44. The van der Waals surface area contributed by atoms with E-state index in [9.17, 15) is 0 Å². The molecule has 3 N–H and O–H groups in total. The highest BCUT2D eigenvalue weighted by atomic mass is 16.5. The summed E-state index contributed by atoms with van der Waals surface area (Å²) in [6.45, 7) is 9.11. The molecular formula is C60H71BN4O4. The van der Waals surface area contributed by atoms with E-state index in [0.717, 1.165) is 81.2 Å². The van der Waals surface area contributed by atoms with Crippen molar-refractivity contribution < 1.29 is 19.5 Å². The predicted molar refractivity (Wildman–Crippen MR) is 274 cm³/mol. The second-order valence-electron chi connectivity index (χ2n) is 24.0. The van der Waals surface area contributed by atoms with Crippen molar-refractivity contribution in [2.24, 2.45) is 11.8 Å². The highest BCUT2D eigenvalue weighted by Crippen LogP contribution is 2.67. The summed E-state index contributed by atoms with van der Waals surface area (Å²) in [6.07, 6.45) is 18.6. The Labute approximate surface area is 410 Å². The first-order valence-corrected chi connectivity index (χ1v) is 27.2. The van der Waals surface area contributed by atoms with Crippen molar-refractivity contribution in [1.82, 2.24) is 20.0 Å². The molecule has 4 heterocycles. The fourth-order valence-corrected chi connectivity index (χ4v) is 15.1. The molecule has 18 rings (SSSR count). The lowest BCUT2D eigenvalue weighted by Crippen LogP contribution is -2.71. The maximum absolute atomic E-state index is 8.25. The van der Waals surface area contributed by atoms with Crippen LogP contribution in [0.1, 0.15) is 136 Å². The monoisotopic (exact) mass is 923 g/mol. The molecule has 14 aliphatic rings. The first-order valence-electron chi connectivity index (χ1n) is 27.2. The number of nitrogens with zero attached hydrogens (tertiary/aromatic N) is 3. The summed E-state index contributed by atoms with van der Waals surface area (Å²) in [5.74, 6) is 4.27. The van der Waals surface area contributed by atoms with E-state index in [0.29, 0.717) is 47.5 Å². The molecule has 8 saturated carbocycles. The minimum atomic E-state index is -1.04. The molecule has 4 aliphatic heterocycles. The summed E-state index contributed by atoms with van der Waals surface area (Å²) in [5.41, 5.74) is 16.5. The third kappa shape index (κ3) is 7.53. The van der Waals surface area contributed by atoms with E-state index in [1.165, 1.54) is 97.6 Å². The van der Waals surface area contributed by atoms with Crippen molar-refractivity contribution in [3.8, 4) is 11.5 Å². The first kappa shape index (κ1) is 43.6. The lowest BCUT2D eigenvalue weighted by molar-refractivity contribution is -0.173. The van der Waals surface area contributed by atoms with Gasteiger partial charge in [-0.3, -0.25) is 14.7 Å². The maximum atomic E-state index is 8.25.